The standard InChI is InChI=1S/C23H33NO2/c25-23(12-16-26-17-13-23)21-9-7-20(8-10-21)18-19-4-3-14-24(15-11-19)22-5-1-2-6-22/h7-10,18,22,25H,1-6,11-17H2. The minimum absolute atomic E-state index is 0.653. The van der Waals surface area contributed by atoms with Gasteiger partial charge in [0, 0.05) is 38.6 Å². The molecule has 1 saturated carbocycles. The molecule has 3 nitrogen and oxygen atoms in total. The van der Waals surface area contributed by atoms with Crippen molar-refractivity contribution in [3.05, 3.63) is 41.0 Å². The van der Waals surface area contributed by atoms with Crippen LogP contribution >= 0.6 is 0 Å². The first kappa shape index (κ1) is 18.2. The molecular weight excluding hydrogens is 322 g/mol. The Balaban J connectivity index is 1.39. The van der Waals surface area contributed by atoms with Crippen LogP contribution in [-0.4, -0.2) is 42.4 Å². The van der Waals surface area contributed by atoms with Gasteiger partial charge in [0.25, 0.3) is 0 Å². The van der Waals surface area contributed by atoms with Crippen LogP contribution in [-0.2, 0) is 10.3 Å². The summed E-state index contributed by atoms with van der Waals surface area (Å²) in [6, 6.07) is 9.43. The van der Waals surface area contributed by atoms with Crippen LogP contribution in [0.15, 0.2) is 29.8 Å². The molecule has 3 heteroatoms. The zero-order chi connectivity index (χ0) is 17.8. The summed E-state index contributed by atoms with van der Waals surface area (Å²) in [4.78, 5) is 2.75. The van der Waals surface area contributed by atoms with E-state index in [4.69, 9.17) is 4.74 Å². The van der Waals surface area contributed by atoms with E-state index in [1.54, 1.807) is 5.57 Å². The molecule has 2 heterocycles. The lowest BCUT2D eigenvalue weighted by molar-refractivity contribution is -0.0679. The van der Waals surface area contributed by atoms with E-state index in [1.165, 1.54) is 63.6 Å². The second-order valence-corrected chi connectivity index (χ2v) is 8.40. The Morgan fingerprint density at radius 1 is 0.962 bits per heavy atom. The molecule has 0 aromatic heterocycles. The second-order valence-electron chi connectivity index (χ2n) is 8.40. The molecule has 1 aromatic carbocycles. The Hall–Kier alpha value is -1.16. The number of benzene rings is 1. The number of aliphatic hydroxyl groups is 1. The van der Waals surface area contributed by atoms with Gasteiger partial charge in [-0.1, -0.05) is 48.8 Å². The highest BCUT2D eigenvalue weighted by atomic mass is 16.5. The SMILES string of the molecule is OC1(c2ccc(C=C3CCCN(C4CCCC4)CC3)cc2)CCOCC1. The zero-order valence-corrected chi connectivity index (χ0v) is 16.0. The molecule has 4 rings (SSSR count). The van der Waals surface area contributed by atoms with Gasteiger partial charge in [-0.2, -0.15) is 0 Å². The maximum Gasteiger partial charge on any atom is 0.0940 e. The summed E-state index contributed by atoms with van der Waals surface area (Å²) in [6.07, 6.45) is 13.2. The van der Waals surface area contributed by atoms with Gasteiger partial charge in [-0.25, -0.2) is 0 Å². The van der Waals surface area contributed by atoms with Gasteiger partial charge in [0.1, 0.15) is 0 Å². The summed E-state index contributed by atoms with van der Waals surface area (Å²) >= 11 is 0. The monoisotopic (exact) mass is 355 g/mol. The van der Waals surface area contributed by atoms with Gasteiger partial charge in [0.05, 0.1) is 5.60 Å². The average Bonchev–Trinajstić information content (AvgIpc) is 3.10. The van der Waals surface area contributed by atoms with E-state index in [-0.39, 0.29) is 0 Å². The Morgan fingerprint density at radius 2 is 1.69 bits per heavy atom. The van der Waals surface area contributed by atoms with Crippen molar-refractivity contribution < 1.29 is 9.84 Å². The van der Waals surface area contributed by atoms with Crippen LogP contribution in [0.5, 0.6) is 0 Å². The molecule has 1 aliphatic carbocycles. The molecule has 0 bridgehead atoms. The van der Waals surface area contributed by atoms with Crippen LogP contribution in [0.4, 0.5) is 0 Å². The highest BCUT2D eigenvalue weighted by Gasteiger charge is 2.31. The Labute approximate surface area is 158 Å². The van der Waals surface area contributed by atoms with Crippen LogP contribution < -0.4 is 0 Å². The summed E-state index contributed by atoms with van der Waals surface area (Å²) in [5.74, 6) is 0. The Morgan fingerprint density at radius 3 is 2.42 bits per heavy atom. The number of ether oxygens (including phenoxy) is 1. The van der Waals surface area contributed by atoms with Crippen molar-refractivity contribution in [1.29, 1.82) is 0 Å². The van der Waals surface area contributed by atoms with Crippen molar-refractivity contribution >= 4 is 6.08 Å². The lowest BCUT2D eigenvalue weighted by Gasteiger charge is -2.32. The Bertz CT molecular complexity index is 610. The largest absolute Gasteiger partial charge is 0.385 e. The van der Waals surface area contributed by atoms with Crippen molar-refractivity contribution in [1.82, 2.24) is 4.90 Å². The van der Waals surface area contributed by atoms with Gasteiger partial charge in [0.15, 0.2) is 0 Å². The summed E-state index contributed by atoms with van der Waals surface area (Å²) < 4.78 is 5.39. The molecule has 0 spiro atoms. The summed E-state index contributed by atoms with van der Waals surface area (Å²) in [7, 11) is 0. The first-order chi connectivity index (χ1) is 12.7. The van der Waals surface area contributed by atoms with E-state index in [9.17, 15) is 5.11 Å². The maximum absolute atomic E-state index is 10.8. The third kappa shape index (κ3) is 4.21. The third-order valence-electron chi connectivity index (χ3n) is 6.64. The molecule has 0 radical (unpaired) electrons. The van der Waals surface area contributed by atoms with Crippen LogP contribution in [0.3, 0.4) is 0 Å². The van der Waals surface area contributed by atoms with Crippen molar-refractivity contribution in [2.24, 2.45) is 0 Å². The summed E-state index contributed by atoms with van der Waals surface area (Å²) in [5, 5.41) is 10.8. The number of nitrogens with zero attached hydrogens (tertiary/aromatic N) is 1. The topological polar surface area (TPSA) is 32.7 Å². The first-order valence-corrected chi connectivity index (χ1v) is 10.6. The Kier molecular flexibility index (Phi) is 5.78. The molecule has 2 saturated heterocycles. The third-order valence-corrected chi connectivity index (χ3v) is 6.64. The van der Waals surface area contributed by atoms with Gasteiger partial charge >= 0.3 is 0 Å². The van der Waals surface area contributed by atoms with Crippen molar-refractivity contribution in [2.75, 3.05) is 26.3 Å². The van der Waals surface area contributed by atoms with Crippen LogP contribution in [0.2, 0.25) is 0 Å². The van der Waals surface area contributed by atoms with Gasteiger partial charge in [-0.15, -0.1) is 0 Å². The van der Waals surface area contributed by atoms with Gasteiger partial charge < -0.3 is 14.7 Å². The lowest BCUT2D eigenvalue weighted by Crippen LogP contribution is -2.33. The molecule has 3 aliphatic rings. The predicted octanol–water partition coefficient (Wildman–Crippen LogP) is 4.50. The molecule has 0 unspecified atom stereocenters. The van der Waals surface area contributed by atoms with Crippen molar-refractivity contribution in [3.8, 4) is 0 Å². The van der Waals surface area contributed by atoms with E-state index < -0.39 is 5.60 Å². The molecule has 142 valence electrons. The smallest absolute Gasteiger partial charge is 0.0940 e. The second kappa shape index (κ2) is 8.24. The number of hydrogen-bond acceptors (Lipinski definition) is 3. The minimum atomic E-state index is -0.700. The highest BCUT2D eigenvalue weighted by Crippen LogP contribution is 2.32. The molecule has 3 fully saturated rings. The predicted molar refractivity (Wildman–Crippen MR) is 106 cm³/mol. The first-order valence-electron chi connectivity index (χ1n) is 10.6. The van der Waals surface area contributed by atoms with Gasteiger partial charge in [0.2, 0.25) is 0 Å². The fraction of sp³-hybridized carbons (Fsp3) is 0.652. The van der Waals surface area contributed by atoms with E-state index in [0.29, 0.717) is 26.1 Å². The molecule has 0 atom stereocenters. The fourth-order valence-corrected chi connectivity index (χ4v) is 4.94. The van der Waals surface area contributed by atoms with Gasteiger partial charge in [-0.3, -0.25) is 0 Å². The zero-order valence-electron chi connectivity index (χ0n) is 16.0. The van der Waals surface area contributed by atoms with E-state index >= 15 is 0 Å². The van der Waals surface area contributed by atoms with Crippen LogP contribution in [0.1, 0.15) is 68.9 Å². The molecule has 1 N–H and O–H groups in total. The summed E-state index contributed by atoms with van der Waals surface area (Å²) in [6.45, 7) is 3.81. The van der Waals surface area contributed by atoms with E-state index in [1.807, 2.05) is 0 Å². The van der Waals surface area contributed by atoms with Crippen molar-refractivity contribution in [3.63, 3.8) is 0 Å². The maximum atomic E-state index is 10.8. The number of hydrogen-bond donors (Lipinski definition) is 1. The van der Waals surface area contributed by atoms with Crippen LogP contribution in [0, 0.1) is 0 Å². The van der Waals surface area contributed by atoms with E-state index in [2.05, 4.69) is 35.2 Å². The molecule has 1 aromatic rings. The normalized spacial score (nSPS) is 26.9. The molecule has 26 heavy (non-hydrogen) atoms. The highest BCUT2D eigenvalue weighted by molar-refractivity contribution is 5.53. The number of likely N-dealkylation sites (tertiary alicyclic amines) is 1. The molecular formula is C23H33NO2. The average molecular weight is 356 g/mol. The minimum Gasteiger partial charge on any atom is -0.385 e. The van der Waals surface area contributed by atoms with Gasteiger partial charge in [-0.05, 0) is 49.8 Å². The lowest BCUT2D eigenvalue weighted by atomic mass is 9.86. The fourth-order valence-electron chi connectivity index (χ4n) is 4.94. The van der Waals surface area contributed by atoms with E-state index in [0.717, 1.165) is 11.6 Å². The van der Waals surface area contributed by atoms with Crippen LogP contribution in [0.25, 0.3) is 6.08 Å². The van der Waals surface area contributed by atoms with Crippen molar-refractivity contribution in [2.45, 2.75) is 69.4 Å². The summed E-state index contributed by atoms with van der Waals surface area (Å²) in [5.41, 5.74) is 3.20. The molecule has 0 amide bonds. The quantitative estimate of drug-likeness (QED) is 0.867. The molecule has 2 aliphatic heterocycles. The number of rotatable bonds is 3.